The third-order valence-corrected chi connectivity index (χ3v) is 3.81. The van der Waals surface area contributed by atoms with Gasteiger partial charge in [-0.1, -0.05) is 54.4 Å². The van der Waals surface area contributed by atoms with Crippen molar-refractivity contribution in [2.75, 3.05) is 13.2 Å². The summed E-state index contributed by atoms with van der Waals surface area (Å²) in [6.07, 6.45) is 4.93. The zero-order valence-electron chi connectivity index (χ0n) is 15.3. The number of carbonyl (C=O) groups is 1. The molecular weight excluding hydrogens is 278 g/mol. The van der Waals surface area contributed by atoms with Crippen LogP contribution < -0.4 is 5.32 Å². The van der Waals surface area contributed by atoms with Gasteiger partial charge in [0.15, 0.2) is 6.29 Å². The van der Waals surface area contributed by atoms with Crippen LogP contribution >= 0.6 is 0 Å². The minimum Gasteiger partial charge on any atom is -0.353 e. The van der Waals surface area contributed by atoms with Crippen molar-refractivity contribution in [1.29, 1.82) is 0 Å². The molecule has 1 saturated heterocycles. The fourth-order valence-corrected chi connectivity index (χ4v) is 2.44. The smallest absolute Gasteiger partial charge is 0.220 e. The molecule has 0 radical (unpaired) electrons. The van der Waals surface area contributed by atoms with Gasteiger partial charge in [0.2, 0.25) is 5.91 Å². The summed E-state index contributed by atoms with van der Waals surface area (Å²) in [5.74, 6) is 0.124. The fourth-order valence-electron chi connectivity index (χ4n) is 2.44. The molecule has 0 aromatic carbocycles. The number of nitrogens with one attached hydrogen (secondary N) is 1. The third kappa shape index (κ3) is 8.14. The predicted octanol–water partition coefficient (Wildman–Crippen LogP) is 3.89. The molecule has 1 aliphatic heterocycles. The van der Waals surface area contributed by atoms with Gasteiger partial charge in [-0.15, -0.1) is 0 Å². The molecule has 1 aliphatic rings. The summed E-state index contributed by atoms with van der Waals surface area (Å²) < 4.78 is 11.5. The second-order valence-corrected chi connectivity index (χ2v) is 8.71. The average Bonchev–Trinajstić information content (AvgIpc) is 2.83. The molecule has 0 aromatic heterocycles. The number of carbonyl (C=O) groups excluding carboxylic acids is 1. The van der Waals surface area contributed by atoms with Crippen molar-refractivity contribution in [3.63, 3.8) is 0 Å². The van der Waals surface area contributed by atoms with Crippen molar-refractivity contribution in [2.24, 2.45) is 10.8 Å². The first-order chi connectivity index (χ1) is 10.1. The first-order valence-corrected chi connectivity index (χ1v) is 8.62. The fraction of sp³-hybridized carbons (Fsp3) is 0.944. The van der Waals surface area contributed by atoms with Crippen LogP contribution in [0.25, 0.3) is 0 Å². The van der Waals surface area contributed by atoms with Crippen LogP contribution in [0.2, 0.25) is 0 Å². The van der Waals surface area contributed by atoms with Crippen LogP contribution in [-0.4, -0.2) is 31.5 Å². The highest BCUT2D eigenvalue weighted by atomic mass is 16.7. The number of amides is 1. The Labute approximate surface area is 136 Å². The third-order valence-electron chi connectivity index (χ3n) is 3.81. The highest BCUT2D eigenvalue weighted by molar-refractivity contribution is 5.75. The Morgan fingerprint density at radius 2 is 1.77 bits per heavy atom. The Bertz CT molecular complexity index is 341. The highest BCUT2D eigenvalue weighted by Gasteiger charge is 2.34. The number of ether oxygens (including phenoxy) is 2. The topological polar surface area (TPSA) is 47.6 Å². The van der Waals surface area contributed by atoms with Gasteiger partial charge < -0.3 is 14.8 Å². The lowest BCUT2D eigenvalue weighted by molar-refractivity contribution is -0.128. The molecule has 0 aliphatic carbocycles. The van der Waals surface area contributed by atoms with Gasteiger partial charge in [0.05, 0.1) is 6.61 Å². The van der Waals surface area contributed by atoms with Gasteiger partial charge in [-0.3, -0.25) is 4.79 Å². The van der Waals surface area contributed by atoms with E-state index in [1.54, 1.807) is 0 Å². The van der Waals surface area contributed by atoms with E-state index in [4.69, 9.17) is 9.47 Å². The molecule has 1 rings (SSSR count). The number of rotatable bonds is 7. The molecule has 0 aromatic rings. The summed E-state index contributed by atoms with van der Waals surface area (Å²) >= 11 is 0. The molecule has 1 heterocycles. The Hall–Kier alpha value is -0.610. The number of unbranched alkanes of at least 4 members (excludes halogenated alkanes) is 2. The van der Waals surface area contributed by atoms with Crippen LogP contribution in [0.5, 0.6) is 0 Å². The molecule has 1 amide bonds. The second-order valence-electron chi connectivity index (χ2n) is 8.71. The van der Waals surface area contributed by atoms with Crippen molar-refractivity contribution < 1.29 is 14.3 Å². The van der Waals surface area contributed by atoms with E-state index in [1.165, 1.54) is 12.8 Å². The van der Waals surface area contributed by atoms with E-state index < -0.39 is 0 Å². The van der Waals surface area contributed by atoms with Crippen molar-refractivity contribution in [1.82, 2.24) is 5.32 Å². The Morgan fingerprint density at radius 1 is 1.09 bits per heavy atom. The first kappa shape index (κ1) is 19.4. The summed E-state index contributed by atoms with van der Waals surface area (Å²) in [7, 11) is 0. The highest BCUT2D eigenvalue weighted by Crippen LogP contribution is 2.28. The summed E-state index contributed by atoms with van der Waals surface area (Å²) in [5, 5.41) is 2.96. The maximum Gasteiger partial charge on any atom is 0.220 e. The van der Waals surface area contributed by atoms with E-state index in [0.29, 0.717) is 25.0 Å². The van der Waals surface area contributed by atoms with Crippen molar-refractivity contribution in [3.05, 3.63) is 0 Å². The summed E-state index contributed by atoms with van der Waals surface area (Å²) in [6, 6.07) is 0. The average molecular weight is 313 g/mol. The largest absolute Gasteiger partial charge is 0.353 e. The maximum absolute atomic E-state index is 11.8. The predicted molar refractivity (Wildman–Crippen MR) is 89.6 cm³/mol. The maximum atomic E-state index is 11.8. The molecule has 1 fully saturated rings. The molecule has 1 N–H and O–H groups in total. The van der Waals surface area contributed by atoms with E-state index in [-0.39, 0.29) is 23.7 Å². The molecule has 4 heteroatoms. The summed E-state index contributed by atoms with van der Waals surface area (Å²) in [5.41, 5.74) is 0.372. The Kier molecular flexibility index (Phi) is 7.33. The summed E-state index contributed by atoms with van der Waals surface area (Å²) in [6.45, 7) is 14.2. The lowest BCUT2D eigenvalue weighted by Crippen LogP contribution is -2.34. The molecule has 2 atom stereocenters. The van der Waals surface area contributed by atoms with Gasteiger partial charge in [-0.25, -0.2) is 0 Å². The first-order valence-electron chi connectivity index (χ1n) is 8.62. The van der Waals surface area contributed by atoms with Gasteiger partial charge in [0, 0.05) is 18.4 Å². The number of hydrogen-bond donors (Lipinski definition) is 1. The molecule has 0 saturated carbocycles. The zero-order chi connectivity index (χ0) is 16.8. The van der Waals surface area contributed by atoms with Crippen LogP contribution in [0.3, 0.4) is 0 Å². The van der Waals surface area contributed by atoms with E-state index in [1.807, 2.05) is 0 Å². The SMILES string of the molecule is CC(C)(C)CCCCCC(=O)NCC1COC(C(C)(C)C)O1. The van der Waals surface area contributed by atoms with Crippen LogP contribution in [0.15, 0.2) is 0 Å². The van der Waals surface area contributed by atoms with Crippen molar-refractivity contribution in [3.8, 4) is 0 Å². The lowest BCUT2D eigenvalue weighted by Gasteiger charge is -2.25. The lowest BCUT2D eigenvalue weighted by atomic mass is 9.89. The van der Waals surface area contributed by atoms with Crippen molar-refractivity contribution >= 4 is 5.91 Å². The van der Waals surface area contributed by atoms with Crippen molar-refractivity contribution in [2.45, 2.75) is 86.0 Å². The molecule has 4 nitrogen and oxygen atoms in total. The van der Waals surface area contributed by atoms with Gasteiger partial charge in [-0.05, 0) is 18.3 Å². The Morgan fingerprint density at radius 3 is 2.32 bits per heavy atom. The van der Waals surface area contributed by atoms with Crippen LogP contribution in [0, 0.1) is 10.8 Å². The summed E-state index contributed by atoms with van der Waals surface area (Å²) in [4.78, 5) is 11.8. The van der Waals surface area contributed by atoms with Crippen LogP contribution in [-0.2, 0) is 14.3 Å². The van der Waals surface area contributed by atoms with Gasteiger partial charge in [-0.2, -0.15) is 0 Å². The molecule has 0 bridgehead atoms. The molecular formula is C18H35NO3. The minimum atomic E-state index is -0.174. The zero-order valence-corrected chi connectivity index (χ0v) is 15.3. The van der Waals surface area contributed by atoms with E-state index >= 15 is 0 Å². The van der Waals surface area contributed by atoms with Gasteiger partial charge >= 0.3 is 0 Å². The van der Waals surface area contributed by atoms with E-state index in [2.05, 4.69) is 46.9 Å². The van der Waals surface area contributed by atoms with Gasteiger partial charge in [0.1, 0.15) is 6.10 Å². The standard InChI is InChI=1S/C18H35NO3/c1-17(2,3)11-9-7-8-10-15(20)19-12-14-13-21-16(22-14)18(4,5)6/h14,16H,7-13H2,1-6H3,(H,19,20). The van der Waals surface area contributed by atoms with Gasteiger partial charge in [0.25, 0.3) is 0 Å². The molecule has 0 spiro atoms. The Balaban J connectivity index is 2.07. The normalized spacial score (nSPS) is 22.8. The molecule has 22 heavy (non-hydrogen) atoms. The second kappa shape index (κ2) is 8.30. The number of hydrogen-bond acceptors (Lipinski definition) is 3. The minimum absolute atomic E-state index is 0.0194. The van der Waals surface area contributed by atoms with E-state index in [9.17, 15) is 4.79 Å². The molecule has 2 unspecified atom stereocenters. The monoisotopic (exact) mass is 313 g/mol. The molecule has 130 valence electrons. The quantitative estimate of drug-likeness (QED) is 0.725. The van der Waals surface area contributed by atoms with E-state index in [0.717, 1.165) is 12.8 Å². The van der Waals surface area contributed by atoms with Crippen LogP contribution in [0.1, 0.15) is 73.6 Å². The van der Waals surface area contributed by atoms with Crippen LogP contribution in [0.4, 0.5) is 0 Å².